The van der Waals surface area contributed by atoms with Gasteiger partial charge in [0.1, 0.15) is 23.3 Å². The smallest absolute Gasteiger partial charge is 0.140 e. The number of benzene rings is 2. The summed E-state index contributed by atoms with van der Waals surface area (Å²) in [5.41, 5.74) is 0.490. The van der Waals surface area contributed by atoms with Crippen molar-refractivity contribution in [3.8, 4) is 5.75 Å². The van der Waals surface area contributed by atoms with E-state index in [4.69, 9.17) is 4.74 Å². The molecule has 98 valence electrons. The fraction of sp³-hybridized carbons (Fsp3) is 0.250. The number of halogens is 1. The lowest BCUT2D eigenvalue weighted by Crippen LogP contribution is -2.37. The van der Waals surface area contributed by atoms with Crippen LogP contribution in [0.2, 0.25) is 0 Å². The maximum absolute atomic E-state index is 13.7. The summed E-state index contributed by atoms with van der Waals surface area (Å²) in [5.74, 6) is 0.407. The van der Waals surface area contributed by atoms with Gasteiger partial charge in [-0.3, -0.25) is 0 Å². The summed E-state index contributed by atoms with van der Waals surface area (Å²) in [7, 11) is 0. The average molecular weight is 258 g/mol. The van der Waals surface area contributed by atoms with Crippen LogP contribution in [0.25, 0.3) is 0 Å². The van der Waals surface area contributed by atoms with Gasteiger partial charge >= 0.3 is 0 Å². The van der Waals surface area contributed by atoms with Crippen LogP contribution >= 0.6 is 0 Å². The quantitative estimate of drug-likeness (QED) is 0.896. The number of hydrogen-bond acceptors (Lipinski definition) is 2. The number of para-hydroxylation sites is 1. The van der Waals surface area contributed by atoms with Gasteiger partial charge < -0.3 is 9.84 Å². The van der Waals surface area contributed by atoms with Crippen molar-refractivity contribution in [2.45, 2.75) is 25.0 Å². The Hall–Kier alpha value is -1.87. The molecule has 1 aliphatic rings. The third-order valence-electron chi connectivity index (χ3n) is 3.63. The molecule has 0 saturated heterocycles. The molecule has 0 aromatic heterocycles. The van der Waals surface area contributed by atoms with E-state index >= 15 is 0 Å². The zero-order valence-corrected chi connectivity index (χ0v) is 10.6. The first-order valence-electron chi connectivity index (χ1n) is 6.29. The van der Waals surface area contributed by atoms with Crippen molar-refractivity contribution >= 4 is 0 Å². The third kappa shape index (κ3) is 2.00. The van der Waals surface area contributed by atoms with Crippen LogP contribution in [0.15, 0.2) is 48.5 Å². The van der Waals surface area contributed by atoms with Gasteiger partial charge in [0.25, 0.3) is 0 Å². The number of aliphatic hydroxyl groups is 1. The van der Waals surface area contributed by atoms with Crippen molar-refractivity contribution < 1.29 is 14.2 Å². The number of rotatable bonds is 2. The van der Waals surface area contributed by atoms with Gasteiger partial charge in [0.2, 0.25) is 0 Å². The van der Waals surface area contributed by atoms with Crippen LogP contribution in [0.1, 0.15) is 24.2 Å². The summed E-state index contributed by atoms with van der Waals surface area (Å²) in [6.45, 7) is 1.81. The van der Waals surface area contributed by atoms with Gasteiger partial charge in [-0.15, -0.1) is 0 Å². The van der Waals surface area contributed by atoms with Crippen molar-refractivity contribution in [1.29, 1.82) is 0 Å². The Morgan fingerprint density at radius 3 is 2.58 bits per heavy atom. The van der Waals surface area contributed by atoms with Crippen LogP contribution < -0.4 is 4.74 Å². The highest BCUT2D eigenvalue weighted by molar-refractivity contribution is 5.42. The van der Waals surface area contributed by atoms with Crippen molar-refractivity contribution in [3.63, 3.8) is 0 Å². The minimum atomic E-state index is -0.828. The molecule has 2 atom stereocenters. The van der Waals surface area contributed by atoms with E-state index in [-0.39, 0.29) is 5.82 Å². The monoisotopic (exact) mass is 258 g/mol. The van der Waals surface area contributed by atoms with Gasteiger partial charge in [0, 0.05) is 12.0 Å². The highest BCUT2D eigenvalue weighted by Crippen LogP contribution is 2.44. The van der Waals surface area contributed by atoms with Gasteiger partial charge in [-0.25, -0.2) is 4.39 Å². The number of aliphatic hydroxyl groups excluding tert-OH is 1. The average Bonchev–Trinajstić information content (AvgIpc) is 2.65. The van der Waals surface area contributed by atoms with Crippen LogP contribution in [0.3, 0.4) is 0 Å². The Morgan fingerprint density at radius 1 is 1.16 bits per heavy atom. The Morgan fingerprint density at radius 2 is 1.84 bits per heavy atom. The summed E-state index contributed by atoms with van der Waals surface area (Å²) >= 11 is 0. The Labute approximate surface area is 111 Å². The minimum Gasteiger partial charge on any atom is -0.484 e. The van der Waals surface area contributed by atoms with Crippen LogP contribution in [0, 0.1) is 5.82 Å². The predicted octanol–water partition coefficient (Wildman–Crippen LogP) is 3.25. The fourth-order valence-electron chi connectivity index (χ4n) is 2.59. The predicted molar refractivity (Wildman–Crippen MR) is 70.5 cm³/mol. The molecule has 2 nitrogen and oxygen atoms in total. The molecule has 0 bridgehead atoms. The molecule has 3 rings (SSSR count). The molecule has 0 saturated carbocycles. The van der Waals surface area contributed by atoms with Crippen LogP contribution in [-0.4, -0.2) is 10.7 Å². The van der Waals surface area contributed by atoms with Crippen molar-refractivity contribution in [2.75, 3.05) is 0 Å². The molecular formula is C16H15FO2. The Bertz CT molecular complexity index is 611. The largest absolute Gasteiger partial charge is 0.484 e. The normalized spacial score (nSPS) is 24.9. The second-order valence-electron chi connectivity index (χ2n) is 5.12. The number of hydrogen-bond donors (Lipinski definition) is 1. The SMILES string of the molecule is C[C@@]1(Cc2ccccc2F)Oc2ccccc2[C@H]1O. The fourth-order valence-corrected chi connectivity index (χ4v) is 2.59. The zero-order chi connectivity index (χ0) is 13.5. The molecule has 0 spiro atoms. The van der Waals surface area contributed by atoms with E-state index in [0.29, 0.717) is 17.7 Å². The summed E-state index contributed by atoms with van der Waals surface area (Å²) < 4.78 is 19.6. The van der Waals surface area contributed by atoms with Crippen molar-refractivity contribution in [2.24, 2.45) is 0 Å². The summed E-state index contributed by atoms with van der Waals surface area (Å²) in [6.07, 6.45) is -0.418. The second kappa shape index (κ2) is 4.35. The van der Waals surface area contributed by atoms with E-state index < -0.39 is 11.7 Å². The van der Waals surface area contributed by atoms with Gasteiger partial charge in [0.05, 0.1) is 0 Å². The molecule has 1 N–H and O–H groups in total. The molecule has 3 heteroatoms. The minimum absolute atomic E-state index is 0.268. The molecule has 19 heavy (non-hydrogen) atoms. The lowest BCUT2D eigenvalue weighted by Gasteiger charge is -2.28. The molecule has 0 radical (unpaired) electrons. The molecule has 0 amide bonds. The molecule has 1 aliphatic heterocycles. The first-order valence-corrected chi connectivity index (χ1v) is 6.29. The summed E-state index contributed by atoms with van der Waals surface area (Å²) in [6, 6.07) is 14.0. The van der Waals surface area contributed by atoms with Crippen LogP contribution in [0.4, 0.5) is 4.39 Å². The van der Waals surface area contributed by atoms with E-state index in [0.717, 1.165) is 5.56 Å². The lowest BCUT2D eigenvalue weighted by molar-refractivity contribution is -0.0140. The van der Waals surface area contributed by atoms with E-state index in [1.54, 1.807) is 18.2 Å². The molecule has 2 aromatic carbocycles. The van der Waals surface area contributed by atoms with Gasteiger partial charge in [-0.05, 0) is 24.6 Å². The molecule has 0 unspecified atom stereocenters. The molecule has 2 aromatic rings. The second-order valence-corrected chi connectivity index (χ2v) is 5.12. The summed E-state index contributed by atoms with van der Waals surface area (Å²) in [4.78, 5) is 0. The Kier molecular flexibility index (Phi) is 2.79. The maximum atomic E-state index is 13.7. The summed E-state index contributed by atoms with van der Waals surface area (Å²) in [5, 5.41) is 10.4. The molecule has 0 fully saturated rings. The lowest BCUT2D eigenvalue weighted by atomic mass is 9.89. The standard InChI is InChI=1S/C16H15FO2/c1-16(10-11-6-2-4-8-13(11)17)15(18)12-7-3-5-9-14(12)19-16/h2-9,15,18H,10H2,1H3/t15-,16+/m1/s1. The van der Waals surface area contributed by atoms with Gasteiger partial charge in [0.15, 0.2) is 0 Å². The number of fused-ring (bicyclic) bond motifs is 1. The Balaban J connectivity index is 1.93. The topological polar surface area (TPSA) is 29.5 Å². The zero-order valence-electron chi connectivity index (χ0n) is 10.6. The van der Waals surface area contributed by atoms with Crippen molar-refractivity contribution in [3.05, 3.63) is 65.5 Å². The molecule has 1 heterocycles. The number of ether oxygens (including phenoxy) is 1. The van der Waals surface area contributed by atoms with Crippen molar-refractivity contribution in [1.82, 2.24) is 0 Å². The van der Waals surface area contributed by atoms with E-state index in [2.05, 4.69) is 0 Å². The highest BCUT2D eigenvalue weighted by Gasteiger charge is 2.44. The van der Waals surface area contributed by atoms with E-state index in [1.165, 1.54) is 6.07 Å². The van der Waals surface area contributed by atoms with Gasteiger partial charge in [-0.1, -0.05) is 36.4 Å². The third-order valence-corrected chi connectivity index (χ3v) is 3.63. The van der Waals surface area contributed by atoms with Gasteiger partial charge in [-0.2, -0.15) is 0 Å². The first-order chi connectivity index (χ1) is 9.10. The first kappa shape index (κ1) is 12.2. The van der Waals surface area contributed by atoms with Crippen LogP contribution in [-0.2, 0) is 6.42 Å². The molecule has 0 aliphatic carbocycles. The maximum Gasteiger partial charge on any atom is 0.140 e. The van der Waals surface area contributed by atoms with E-state index in [9.17, 15) is 9.50 Å². The van der Waals surface area contributed by atoms with Crippen LogP contribution in [0.5, 0.6) is 5.75 Å². The highest BCUT2D eigenvalue weighted by atomic mass is 19.1. The van der Waals surface area contributed by atoms with E-state index in [1.807, 2.05) is 31.2 Å². The molecular weight excluding hydrogens is 243 g/mol.